The third-order valence-electron chi connectivity index (χ3n) is 9.24. The van der Waals surface area contributed by atoms with Crippen LogP contribution in [0.2, 0.25) is 0 Å². The van der Waals surface area contributed by atoms with Gasteiger partial charge in [-0.15, -0.1) is 47.0 Å². The summed E-state index contributed by atoms with van der Waals surface area (Å²) in [5, 5.41) is 0. The van der Waals surface area contributed by atoms with Crippen molar-refractivity contribution in [2.24, 2.45) is 0 Å². The van der Waals surface area contributed by atoms with Crippen LogP contribution in [0.25, 0.3) is 33.7 Å². The predicted molar refractivity (Wildman–Crippen MR) is 176 cm³/mol. The van der Waals surface area contributed by atoms with Crippen LogP contribution in [0.1, 0.15) is 62.8 Å². The molecule has 45 heavy (non-hydrogen) atoms. The molecule has 8 rings (SSSR count). The summed E-state index contributed by atoms with van der Waals surface area (Å²) in [7, 11) is 0. The normalized spacial score (nSPS) is 15.1. The Hall–Kier alpha value is -4.05. The van der Waals surface area contributed by atoms with Crippen molar-refractivity contribution in [1.82, 2.24) is 9.55 Å². The number of rotatable bonds is 2. The molecule has 0 spiro atoms. The van der Waals surface area contributed by atoms with E-state index in [1.807, 2.05) is 42.5 Å². The standard InChI is InChI=1S/C29H29N2O.C11H8N.Ir/c1-18-9-7-10-19(2)25(18)30-17-31-22-14-13-20-24(29(5,6)16-15-28(20,3)4)27(22)32-23-12-8-11-21(30)26(23)31;1-2-6-10(7-3-1)11-8-4-5-9-12-11;/h7-13H,15-16H2,1-6H3;1-6,8-9H;/q2*-1;+3. The van der Waals surface area contributed by atoms with Crippen molar-refractivity contribution in [2.45, 2.75) is 65.2 Å². The average molecular weight is 768 g/mol. The number of hydrogen-bond donors (Lipinski definition) is 0. The number of aryl methyl sites for hydroxylation is 2. The maximum Gasteiger partial charge on any atom is 3.00 e. The first-order chi connectivity index (χ1) is 21.2. The Morgan fingerprint density at radius 2 is 1.56 bits per heavy atom. The van der Waals surface area contributed by atoms with Crippen LogP contribution >= 0.6 is 0 Å². The summed E-state index contributed by atoms with van der Waals surface area (Å²) in [6, 6.07) is 35.4. The van der Waals surface area contributed by atoms with Crippen LogP contribution in [0.5, 0.6) is 11.5 Å². The van der Waals surface area contributed by atoms with Crippen molar-refractivity contribution in [1.29, 1.82) is 0 Å². The molecule has 4 nitrogen and oxygen atoms in total. The topological polar surface area (TPSA) is 30.9 Å². The Balaban J connectivity index is 0.000000231. The monoisotopic (exact) mass is 768 g/mol. The third kappa shape index (κ3) is 5.32. The van der Waals surface area contributed by atoms with Gasteiger partial charge >= 0.3 is 20.1 Å². The molecule has 0 saturated carbocycles. The maximum atomic E-state index is 6.70. The van der Waals surface area contributed by atoms with Gasteiger partial charge in [-0.25, -0.2) is 0 Å². The molecule has 1 aliphatic heterocycles. The number of pyridine rings is 1. The smallest absolute Gasteiger partial charge is 0.523 e. The molecular formula is C40H37IrN3O+. The molecular weight excluding hydrogens is 731 g/mol. The third-order valence-corrected chi connectivity index (χ3v) is 9.24. The molecule has 6 aromatic rings. The maximum absolute atomic E-state index is 6.70. The molecule has 0 radical (unpaired) electrons. The zero-order valence-corrected chi connectivity index (χ0v) is 29.1. The minimum Gasteiger partial charge on any atom is -0.523 e. The van der Waals surface area contributed by atoms with Gasteiger partial charge in [-0.1, -0.05) is 82.0 Å². The van der Waals surface area contributed by atoms with Gasteiger partial charge in [0.25, 0.3) is 6.33 Å². The van der Waals surface area contributed by atoms with Crippen LogP contribution in [-0.2, 0) is 30.9 Å². The molecule has 3 heterocycles. The summed E-state index contributed by atoms with van der Waals surface area (Å²) in [6.45, 7) is 13.7. The van der Waals surface area contributed by atoms with Crippen LogP contribution in [0.4, 0.5) is 0 Å². The van der Waals surface area contributed by atoms with E-state index in [4.69, 9.17) is 4.74 Å². The molecule has 2 aromatic heterocycles. The summed E-state index contributed by atoms with van der Waals surface area (Å²) in [6.07, 6.45) is 7.76. The van der Waals surface area contributed by atoms with E-state index in [2.05, 4.69) is 117 Å². The first-order valence-corrected chi connectivity index (χ1v) is 15.4. The van der Waals surface area contributed by atoms with Crippen molar-refractivity contribution < 1.29 is 29.4 Å². The fourth-order valence-electron chi connectivity index (χ4n) is 6.75. The van der Waals surface area contributed by atoms with Crippen molar-refractivity contribution >= 4 is 11.0 Å². The number of nitrogens with zero attached hydrogens (tertiary/aromatic N) is 3. The molecule has 2 aliphatic rings. The average Bonchev–Trinajstić information content (AvgIpc) is 3.41. The Bertz CT molecular complexity index is 1950. The van der Waals surface area contributed by atoms with Gasteiger partial charge < -0.3 is 14.3 Å². The molecule has 0 unspecified atom stereocenters. The van der Waals surface area contributed by atoms with Crippen LogP contribution in [0.3, 0.4) is 0 Å². The second-order valence-corrected chi connectivity index (χ2v) is 13.3. The molecule has 0 N–H and O–H groups in total. The van der Waals surface area contributed by atoms with E-state index in [1.54, 1.807) is 6.20 Å². The number of benzene rings is 4. The van der Waals surface area contributed by atoms with Gasteiger partial charge in [-0.2, -0.15) is 12.1 Å². The molecule has 4 aromatic carbocycles. The predicted octanol–water partition coefficient (Wildman–Crippen LogP) is 9.13. The van der Waals surface area contributed by atoms with E-state index in [1.165, 1.54) is 34.4 Å². The van der Waals surface area contributed by atoms with E-state index >= 15 is 0 Å². The molecule has 1 aliphatic carbocycles. The zero-order valence-electron chi connectivity index (χ0n) is 26.7. The SMILES string of the molecule is Cc1cccc(C)c1-n1[c-][n+]2c3c(cccc31)Oc1c-2[c-]cc2c1C(C)(C)CCC2(C)C.[Ir+3].[c-]1ccccc1-c1ccccn1. The summed E-state index contributed by atoms with van der Waals surface area (Å²) < 4.78 is 11.0. The second kappa shape index (κ2) is 11.7. The van der Waals surface area contributed by atoms with Crippen molar-refractivity contribution in [3.05, 3.63) is 132 Å². The van der Waals surface area contributed by atoms with Gasteiger partial charge in [0, 0.05) is 11.9 Å². The van der Waals surface area contributed by atoms with Crippen LogP contribution < -0.4 is 9.30 Å². The molecule has 0 bridgehead atoms. The number of ether oxygens (including phenoxy) is 1. The Morgan fingerprint density at radius 3 is 2.27 bits per heavy atom. The molecule has 5 heteroatoms. The Labute approximate surface area is 280 Å². The number of imidazole rings is 1. The fraction of sp³-hybridized carbons (Fsp3) is 0.250. The van der Waals surface area contributed by atoms with Crippen LogP contribution in [-0.4, -0.2) is 9.55 Å². The molecule has 0 amide bonds. The van der Waals surface area contributed by atoms with E-state index < -0.39 is 0 Å². The summed E-state index contributed by atoms with van der Waals surface area (Å²) >= 11 is 0. The van der Waals surface area contributed by atoms with Crippen molar-refractivity contribution in [2.75, 3.05) is 0 Å². The number of aromatic nitrogens is 3. The van der Waals surface area contributed by atoms with Gasteiger partial charge in [0.1, 0.15) is 11.3 Å². The van der Waals surface area contributed by atoms with E-state index in [9.17, 15) is 0 Å². The molecule has 0 fully saturated rings. The van der Waals surface area contributed by atoms with Crippen LogP contribution in [0.15, 0.2) is 91.1 Å². The Kier molecular flexibility index (Phi) is 8.05. The van der Waals surface area contributed by atoms with Gasteiger partial charge in [0.05, 0.1) is 11.2 Å². The number of para-hydroxylation sites is 2. The molecule has 0 saturated heterocycles. The van der Waals surface area contributed by atoms with E-state index in [0.717, 1.165) is 45.9 Å². The number of hydrogen-bond acceptors (Lipinski definition) is 2. The summed E-state index contributed by atoms with van der Waals surface area (Å²) in [4.78, 5) is 4.22. The molecule has 226 valence electrons. The first-order valence-electron chi connectivity index (χ1n) is 15.4. The Morgan fingerprint density at radius 1 is 0.822 bits per heavy atom. The van der Waals surface area contributed by atoms with Crippen molar-refractivity contribution in [3.63, 3.8) is 0 Å². The van der Waals surface area contributed by atoms with Crippen LogP contribution in [0, 0.1) is 32.3 Å². The fourth-order valence-corrected chi connectivity index (χ4v) is 6.75. The van der Waals surface area contributed by atoms with E-state index in [-0.39, 0.29) is 30.9 Å². The second-order valence-electron chi connectivity index (χ2n) is 13.3. The number of fused-ring (bicyclic) bond motifs is 4. The summed E-state index contributed by atoms with van der Waals surface area (Å²) in [5.74, 6) is 1.83. The zero-order chi connectivity index (χ0) is 30.6. The van der Waals surface area contributed by atoms with Gasteiger partial charge in [-0.3, -0.25) is 4.57 Å². The van der Waals surface area contributed by atoms with E-state index in [0.29, 0.717) is 0 Å². The molecule has 0 atom stereocenters. The first kappa shape index (κ1) is 31.0. The largest absolute Gasteiger partial charge is 3.00 e. The quantitative estimate of drug-likeness (QED) is 0.130. The minimum absolute atomic E-state index is 0. The van der Waals surface area contributed by atoms with Gasteiger partial charge in [0.2, 0.25) is 0 Å². The summed E-state index contributed by atoms with van der Waals surface area (Å²) in [5.41, 5.74) is 11.6. The minimum atomic E-state index is 0. The van der Waals surface area contributed by atoms with Gasteiger partial charge in [0.15, 0.2) is 0 Å². The van der Waals surface area contributed by atoms with Crippen molar-refractivity contribution in [3.8, 4) is 34.1 Å². The van der Waals surface area contributed by atoms with Gasteiger partial charge in [-0.05, 0) is 60.3 Å².